The van der Waals surface area contributed by atoms with E-state index >= 15 is 0 Å². The molecular formula is C9H11N7O3S. The Bertz CT molecular complexity index is 695. The number of nitro groups is 1. The highest BCUT2D eigenvalue weighted by molar-refractivity contribution is 7.07. The van der Waals surface area contributed by atoms with E-state index in [4.69, 9.17) is 5.84 Å². The molecule has 0 fully saturated rings. The van der Waals surface area contributed by atoms with Crippen molar-refractivity contribution >= 4 is 28.8 Å². The van der Waals surface area contributed by atoms with Crippen molar-refractivity contribution < 1.29 is 4.92 Å². The lowest BCUT2D eigenvalue weighted by atomic mass is 10.3. The number of nitrogens with one attached hydrogen (secondary N) is 3. The van der Waals surface area contributed by atoms with Crippen LogP contribution in [0.3, 0.4) is 0 Å². The number of nitrogens with two attached hydrogens (primary N) is 1. The van der Waals surface area contributed by atoms with Gasteiger partial charge in [0.05, 0.1) is 11.5 Å². The van der Waals surface area contributed by atoms with Crippen LogP contribution >= 0.6 is 11.3 Å². The van der Waals surface area contributed by atoms with Gasteiger partial charge in [-0.05, 0) is 6.92 Å². The first kappa shape index (κ1) is 13.9. The summed E-state index contributed by atoms with van der Waals surface area (Å²) >= 11 is 1.01. The third-order valence-electron chi connectivity index (χ3n) is 2.39. The molecule has 0 saturated heterocycles. The third-order valence-corrected chi connectivity index (χ3v) is 3.11. The van der Waals surface area contributed by atoms with Gasteiger partial charge in [0, 0.05) is 11.1 Å². The largest absolute Gasteiger partial charge is 0.359 e. The fraction of sp³-hybridized carbons (Fsp3) is 0.222. The van der Waals surface area contributed by atoms with Gasteiger partial charge in [-0.25, -0.2) is 10.8 Å². The van der Waals surface area contributed by atoms with E-state index in [1.165, 1.54) is 6.92 Å². The van der Waals surface area contributed by atoms with E-state index in [-0.39, 0.29) is 34.6 Å². The average Bonchev–Trinajstić information content (AvgIpc) is 2.81. The number of aromatic nitrogens is 3. The predicted octanol–water partition coefficient (Wildman–Crippen LogP) is 0.341. The van der Waals surface area contributed by atoms with Gasteiger partial charge < -0.3 is 10.3 Å². The predicted molar refractivity (Wildman–Crippen MR) is 73.5 cm³/mol. The van der Waals surface area contributed by atoms with Crippen molar-refractivity contribution in [3.05, 3.63) is 36.5 Å². The summed E-state index contributed by atoms with van der Waals surface area (Å²) in [4.78, 5) is 31.6. The lowest BCUT2D eigenvalue weighted by Gasteiger charge is -2.08. The van der Waals surface area contributed by atoms with Crippen LogP contribution < -0.4 is 21.5 Å². The van der Waals surface area contributed by atoms with E-state index in [9.17, 15) is 14.9 Å². The van der Waals surface area contributed by atoms with Gasteiger partial charge in [-0.3, -0.25) is 20.3 Å². The fourth-order valence-corrected chi connectivity index (χ4v) is 2.13. The molecule has 0 aliphatic rings. The molecule has 106 valence electrons. The molecule has 20 heavy (non-hydrogen) atoms. The highest BCUT2D eigenvalue weighted by Gasteiger charge is 2.21. The molecule has 5 N–H and O–H groups in total. The van der Waals surface area contributed by atoms with Gasteiger partial charge in [0.1, 0.15) is 5.69 Å². The fourth-order valence-electron chi connectivity index (χ4n) is 1.55. The first-order chi connectivity index (χ1) is 9.51. The Kier molecular flexibility index (Phi) is 3.91. The maximum absolute atomic E-state index is 11.0. The Morgan fingerprint density at radius 2 is 2.30 bits per heavy atom. The van der Waals surface area contributed by atoms with Crippen molar-refractivity contribution in [3.8, 4) is 0 Å². The number of rotatable bonds is 5. The summed E-state index contributed by atoms with van der Waals surface area (Å²) in [5, 5.41) is 15.4. The molecule has 0 radical (unpaired) electrons. The van der Waals surface area contributed by atoms with E-state index in [1.807, 2.05) is 0 Å². The number of H-pyrrole nitrogens is 1. The monoisotopic (exact) mass is 297 g/mol. The van der Waals surface area contributed by atoms with Crippen LogP contribution in [0.15, 0.2) is 10.2 Å². The summed E-state index contributed by atoms with van der Waals surface area (Å²) in [7, 11) is 0. The summed E-state index contributed by atoms with van der Waals surface area (Å²) in [5.41, 5.74) is 2.79. The number of aromatic amines is 1. The highest BCUT2D eigenvalue weighted by atomic mass is 32.1. The Hall–Kier alpha value is -2.53. The number of anilines is 2. The van der Waals surface area contributed by atoms with Gasteiger partial charge in [0.25, 0.3) is 0 Å². The number of hydrazine groups is 1. The first-order valence-electron chi connectivity index (χ1n) is 5.41. The number of nitrogens with zero attached hydrogens (tertiary/aromatic N) is 3. The number of aryl methyl sites for hydroxylation is 1. The molecule has 2 aromatic heterocycles. The van der Waals surface area contributed by atoms with E-state index in [2.05, 4.69) is 25.7 Å². The van der Waals surface area contributed by atoms with Crippen LogP contribution in [0.4, 0.5) is 17.5 Å². The smallest absolute Gasteiger partial charge is 0.332 e. The molecule has 10 nitrogen and oxygen atoms in total. The van der Waals surface area contributed by atoms with Crippen LogP contribution in [0.1, 0.15) is 11.4 Å². The quantitative estimate of drug-likeness (QED) is 0.350. The summed E-state index contributed by atoms with van der Waals surface area (Å²) in [6, 6.07) is 0. The van der Waals surface area contributed by atoms with E-state index in [0.717, 1.165) is 11.3 Å². The zero-order valence-corrected chi connectivity index (χ0v) is 11.2. The van der Waals surface area contributed by atoms with Gasteiger partial charge in [-0.2, -0.15) is 4.98 Å². The van der Waals surface area contributed by atoms with Crippen LogP contribution in [-0.2, 0) is 6.54 Å². The summed E-state index contributed by atoms with van der Waals surface area (Å²) < 4.78 is 0. The lowest BCUT2D eigenvalue weighted by molar-refractivity contribution is -0.385. The Labute approximate surface area is 116 Å². The third kappa shape index (κ3) is 2.89. The average molecular weight is 297 g/mol. The number of hydrogen-bond donors (Lipinski definition) is 4. The second-order valence-corrected chi connectivity index (χ2v) is 4.60. The topological polar surface area (TPSA) is 152 Å². The minimum atomic E-state index is -0.575. The molecule has 0 atom stereocenters. The normalized spacial score (nSPS) is 10.3. The molecule has 2 aromatic rings. The molecule has 0 aromatic carbocycles. The van der Waals surface area contributed by atoms with Crippen LogP contribution in [0.5, 0.6) is 0 Å². The SMILES string of the molecule is Cc1nc(NN)nc(NCc2csc(=O)[nH]2)c1[N+](=O)[O-]. The summed E-state index contributed by atoms with van der Waals surface area (Å²) in [5.74, 6) is 5.30. The van der Waals surface area contributed by atoms with Gasteiger partial charge in [0.15, 0.2) is 0 Å². The number of nitrogen functional groups attached to an aromatic ring is 1. The standard InChI is InChI=1S/C9H11N7O3S/c1-4-6(16(18)19)7(14-8(12-4)15-10)11-2-5-3-20-9(17)13-5/h3H,2,10H2,1H3,(H,13,17)(H2,11,12,14,15). The minimum Gasteiger partial charge on any atom is -0.359 e. The highest BCUT2D eigenvalue weighted by Crippen LogP contribution is 2.26. The van der Waals surface area contributed by atoms with Crippen molar-refractivity contribution in [2.24, 2.45) is 5.84 Å². The van der Waals surface area contributed by atoms with E-state index in [0.29, 0.717) is 5.69 Å². The molecule has 2 heterocycles. The van der Waals surface area contributed by atoms with Crippen LogP contribution in [0.25, 0.3) is 0 Å². The maximum atomic E-state index is 11.0. The van der Waals surface area contributed by atoms with Crippen molar-refractivity contribution in [3.63, 3.8) is 0 Å². The molecular weight excluding hydrogens is 286 g/mol. The van der Waals surface area contributed by atoms with Gasteiger partial charge in [-0.1, -0.05) is 11.3 Å². The minimum absolute atomic E-state index is 0.0301. The molecule has 0 amide bonds. The number of thiazole rings is 1. The molecule has 0 unspecified atom stereocenters. The van der Waals surface area contributed by atoms with Crippen molar-refractivity contribution in [1.82, 2.24) is 15.0 Å². The summed E-state index contributed by atoms with van der Waals surface area (Å²) in [6.07, 6.45) is 0. The molecule has 0 spiro atoms. The zero-order valence-electron chi connectivity index (χ0n) is 10.3. The van der Waals surface area contributed by atoms with Crippen molar-refractivity contribution in [1.29, 1.82) is 0 Å². The van der Waals surface area contributed by atoms with Gasteiger partial charge in [-0.15, -0.1) is 0 Å². The van der Waals surface area contributed by atoms with Crippen LogP contribution in [0.2, 0.25) is 0 Å². The molecule has 0 aliphatic heterocycles. The Balaban J connectivity index is 2.31. The molecule has 0 aliphatic carbocycles. The van der Waals surface area contributed by atoms with Gasteiger partial charge in [0.2, 0.25) is 11.8 Å². The molecule has 0 bridgehead atoms. The van der Waals surface area contributed by atoms with E-state index in [1.54, 1.807) is 5.38 Å². The Morgan fingerprint density at radius 1 is 1.55 bits per heavy atom. The first-order valence-corrected chi connectivity index (χ1v) is 6.29. The van der Waals surface area contributed by atoms with Crippen molar-refractivity contribution in [2.45, 2.75) is 13.5 Å². The second kappa shape index (κ2) is 5.63. The van der Waals surface area contributed by atoms with Crippen molar-refractivity contribution in [2.75, 3.05) is 10.7 Å². The summed E-state index contributed by atoms with van der Waals surface area (Å²) in [6.45, 7) is 1.68. The van der Waals surface area contributed by atoms with Crippen LogP contribution in [0, 0.1) is 17.0 Å². The molecule has 11 heteroatoms. The van der Waals surface area contributed by atoms with E-state index < -0.39 is 4.92 Å². The molecule has 0 saturated carbocycles. The van der Waals surface area contributed by atoms with Gasteiger partial charge >= 0.3 is 10.6 Å². The maximum Gasteiger partial charge on any atom is 0.332 e. The Morgan fingerprint density at radius 3 is 2.85 bits per heavy atom. The lowest BCUT2D eigenvalue weighted by Crippen LogP contribution is -2.15. The second-order valence-electron chi connectivity index (χ2n) is 3.76. The number of hydrogen-bond acceptors (Lipinski definition) is 9. The molecule has 2 rings (SSSR count). The zero-order chi connectivity index (χ0) is 14.7. The van der Waals surface area contributed by atoms with Crippen LogP contribution in [-0.4, -0.2) is 19.9 Å².